The van der Waals surface area contributed by atoms with Crippen molar-refractivity contribution in [2.45, 2.75) is 5.92 Å². The smallest absolute Gasteiger partial charge is 0.272 e. The van der Waals surface area contributed by atoms with Crippen molar-refractivity contribution in [3.05, 3.63) is 92.6 Å². The van der Waals surface area contributed by atoms with E-state index in [1.807, 2.05) is 60.7 Å². The molecule has 3 aromatic rings. The number of benzene rings is 2. The van der Waals surface area contributed by atoms with Crippen LogP contribution in [0, 0.1) is 0 Å². The van der Waals surface area contributed by atoms with Crippen molar-refractivity contribution < 1.29 is 9.59 Å². The van der Waals surface area contributed by atoms with Crippen LogP contribution < -0.4 is 10.9 Å². The van der Waals surface area contributed by atoms with Crippen LogP contribution in [-0.2, 0) is 4.79 Å². The van der Waals surface area contributed by atoms with Gasteiger partial charge in [0.15, 0.2) is 0 Å². The third-order valence-electron chi connectivity index (χ3n) is 3.62. The predicted octanol–water partition coefficient (Wildman–Crippen LogP) is 4.10. The van der Waals surface area contributed by atoms with Gasteiger partial charge in [0.2, 0.25) is 5.91 Å². The van der Waals surface area contributed by atoms with Crippen LogP contribution in [0.1, 0.15) is 26.7 Å². The van der Waals surface area contributed by atoms with E-state index in [2.05, 4.69) is 26.8 Å². The maximum Gasteiger partial charge on any atom is 0.279 e. The lowest BCUT2D eigenvalue weighted by Crippen LogP contribution is -2.44. The van der Waals surface area contributed by atoms with Crippen molar-refractivity contribution in [1.82, 2.24) is 10.9 Å². The number of rotatable bonds is 4. The summed E-state index contributed by atoms with van der Waals surface area (Å²) in [6.45, 7) is 0. The zero-order valence-corrected chi connectivity index (χ0v) is 15.5. The number of carbonyl (C=O) groups excluding carboxylic acids is 2. The van der Waals surface area contributed by atoms with E-state index in [9.17, 15) is 9.59 Å². The zero-order valence-electron chi connectivity index (χ0n) is 13.1. The molecule has 1 aromatic heterocycles. The summed E-state index contributed by atoms with van der Waals surface area (Å²) in [4.78, 5) is 25.4. The summed E-state index contributed by atoms with van der Waals surface area (Å²) in [5, 5.41) is 0. The number of carbonyl (C=O) groups is 2. The first-order valence-corrected chi connectivity index (χ1v) is 9.21. The Balaban J connectivity index is 1.77. The van der Waals surface area contributed by atoms with Gasteiger partial charge in [-0.1, -0.05) is 60.7 Å². The Morgan fingerprint density at radius 3 is 1.84 bits per heavy atom. The van der Waals surface area contributed by atoms with Crippen LogP contribution in [-0.4, -0.2) is 11.8 Å². The number of halogens is 1. The van der Waals surface area contributed by atoms with Crippen LogP contribution >= 0.6 is 27.3 Å². The van der Waals surface area contributed by atoms with E-state index in [-0.39, 0.29) is 11.8 Å². The average molecular weight is 415 g/mol. The molecule has 126 valence electrons. The molecule has 0 fully saturated rings. The summed E-state index contributed by atoms with van der Waals surface area (Å²) in [6.07, 6.45) is 0. The molecule has 2 aromatic carbocycles. The monoisotopic (exact) mass is 414 g/mol. The van der Waals surface area contributed by atoms with E-state index in [1.165, 1.54) is 11.3 Å². The van der Waals surface area contributed by atoms with Crippen LogP contribution in [0.4, 0.5) is 0 Å². The molecule has 0 aliphatic rings. The van der Waals surface area contributed by atoms with Crippen LogP contribution in [0.5, 0.6) is 0 Å². The van der Waals surface area contributed by atoms with Crippen LogP contribution in [0.3, 0.4) is 0 Å². The molecule has 0 unspecified atom stereocenters. The molecule has 2 N–H and O–H groups in total. The Kier molecular flexibility index (Phi) is 5.63. The maximum absolute atomic E-state index is 12.8. The fraction of sp³-hybridized carbons (Fsp3) is 0.0526. The summed E-state index contributed by atoms with van der Waals surface area (Å²) in [6, 6.07) is 22.4. The highest BCUT2D eigenvalue weighted by Crippen LogP contribution is 2.25. The first-order valence-electron chi connectivity index (χ1n) is 7.60. The standard InChI is InChI=1S/C19H15BrN2O2S/c20-16-12-11-15(25-16)18(23)21-22-19(24)17(13-7-3-1-4-8-13)14-9-5-2-6-10-14/h1-12,17H,(H,21,23)(H,22,24). The second-order valence-electron chi connectivity index (χ2n) is 5.30. The first-order chi connectivity index (χ1) is 12.1. The molecular formula is C19H15BrN2O2S. The van der Waals surface area contributed by atoms with Crippen LogP contribution in [0.15, 0.2) is 76.6 Å². The van der Waals surface area contributed by atoms with Crippen molar-refractivity contribution in [2.75, 3.05) is 0 Å². The minimum Gasteiger partial charge on any atom is -0.272 e. The van der Waals surface area contributed by atoms with E-state index in [0.29, 0.717) is 4.88 Å². The van der Waals surface area contributed by atoms with E-state index in [4.69, 9.17) is 0 Å². The molecule has 0 saturated carbocycles. The van der Waals surface area contributed by atoms with Gasteiger partial charge in [0.05, 0.1) is 14.6 Å². The van der Waals surface area contributed by atoms with Gasteiger partial charge < -0.3 is 0 Å². The zero-order chi connectivity index (χ0) is 17.6. The van der Waals surface area contributed by atoms with Crippen molar-refractivity contribution in [1.29, 1.82) is 0 Å². The number of amides is 2. The molecule has 6 heteroatoms. The van der Waals surface area contributed by atoms with E-state index < -0.39 is 5.92 Å². The lowest BCUT2D eigenvalue weighted by Gasteiger charge is -2.18. The molecule has 0 spiro atoms. The van der Waals surface area contributed by atoms with Gasteiger partial charge in [-0.2, -0.15) is 0 Å². The number of thiophene rings is 1. The topological polar surface area (TPSA) is 58.2 Å². The fourth-order valence-electron chi connectivity index (χ4n) is 2.47. The molecule has 2 amide bonds. The highest BCUT2D eigenvalue weighted by atomic mass is 79.9. The van der Waals surface area contributed by atoms with E-state index in [0.717, 1.165) is 14.9 Å². The summed E-state index contributed by atoms with van der Waals surface area (Å²) >= 11 is 4.62. The van der Waals surface area contributed by atoms with Gasteiger partial charge >= 0.3 is 0 Å². The molecule has 0 saturated heterocycles. The SMILES string of the molecule is O=C(NNC(=O)C(c1ccccc1)c1ccccc1)c1ccc(Br)s1. The fourth-order valence-corrected chi connectivity index (χ4v) is 3.76. The molecule has 0 radical (unpaired) electrons. The Morgan fingerprint density at radius 1 is 0.800 bits per heavy atom. The molecule has 0 atom stereocenters. The molecule has 0 aliphatic carbocycles. The van der Waals surface area contributed by atoms with E-state index in [1.54, 1.807) is 12.1 Å². The third-order valence-corrected chi connectivity index (χ3v) is 5.25. The highest BCUT2D eigenvalue weighted by molar-refractivity contribution is 9.11. The average Bonchev–Trinajstić information content (AvgIpc) is 3.08. The van der Waals surface area contributed by atoms with Gasteiger partial charge in [0, 0.05) is 0 Å². The minimum absolute atomic E-state index is 0.290. The number of hydrogen-bond acceptors (Lipinski definition) is 3. The van der Waals surface area contributed by atoms with Crippen LogP contribution in [0.25, 0.3) is 0 Å². The Bertz CT molecular complexity index is 826. The third kappa shape index (κ3) is 4.35. The van der Waals surface area contributed by atoms with E-state index >= 15 is 0 Å². The molecule has 1 heterocycles. The van der Waals surface area contributed by atoms with Gasteiger partial charge in [-0.3, -0.25) is 20.4 Å². The quantitative estimate of drug-likeness (QED) is 0.631. The largest absolute Gasteiger partial charge is 0.279 e. The normalized spacial score (nSPS) is 10.5. The highest BCUT2D eigenvalue weighted by Gasteiger charge is 2.23. The molecule has 4 nitrogen and oxygen atoms in total. The molecule has 25 heavy (non-hydrogen) atoms. The van der Waals surface area contributed by atoms with Gasteiger partial charge in [0.1, 0.15) is 0 Å². The lowest BCUT2D eigenvalue weighted by molar-refractivity contribution is -0.122. The molecule has 3 rings (SSSR count). The van der Waals surface area contributed by atoms with Gasteiger partial charge in [-0.05, 0) is 39.2 Å². The summed E-state index contributed by atoms with van der Waals surface area (Å²) in [5.74, 6) is -1.14. The maximum atomic E-state index is 12.8. The second kappa shape index (κ2) is 8.09. The summed E-state index contributed by atoms with van der Waals surface area (Å²) < 4.78 is 0.857. The number of nitrogens with one attached hydrogen (secondary N) is 2. The van der Waals surface area contributed by atoms with Gasteiger partial charge in [-0.25, -0.2) is 0 Å². The second-order valence-corrected chi connectivity index (χ2v) is 7.76. The molecular weight excluding hydrogens is 400 g/mol. The number of hydrogen-bond donors (Lipinski definition) is 2. The summed E-state index contributed by atoms with van der Waals surface area (Å²) in [5.41, 5.74) is 6.74. The number of hydrazine groups is 1. The lowest BCUT2D eigenvalue weighted by atomic mass is 9.91. The van der Waals surface area contributed by atoms with Crippen molar-refractivity contribution >= 4 is 39.1 Å². The van der Waals surface area contributed by atoms with Gasteiger partial charge in [0.25, 0.3) is 5.91 Å². The molecule has 0 aliphatic heterocycles. The van der Waals surface area contributed by atoms with Gasteiger partial charge in [-0.15, -0.1) is 11.3 Å². The first kappa shape index (κ1) is 17.4. The Hall–Kier alpha value is -2.44. The Morgan fingerprint density at radius 2 is 1.36 bits per heavy atom. The minimum atomic E-state index is -0.502. The summed E-state index contributed by atoms with van der Waals surface area (Å²) in [7, 11) is 0. The van der Waals surface area contributed by atoms with Crippen molar-refractivity contribution in [2.24, 2.45) is 0 Å². The molecule has 0 bridgehead atoms. The van der Waals surface area contributed by atoms with Crippen LogP contribution in [0.2, 0.25) is 0 Å². The van der Waals surface area contributed by atoms with Crippen molar-refractivity contribution in [3.8, 4) is 0 Å². The Labute approximate surface area is 158 Å². The predicted molar refractivity (Wildman–Crippen MR) is 102 cm³/mol. The van der Waals surface area contributed by atoms with Crippen molar-refractivity contribution in [3.63, 3.8) is 0 Å².